The normalized spacial score (nSPS) is 10.0. The molecule has 0 amide bonds. The summed E-state index contributed by atoms with van der Waals surface area (Å²) in [4.78, 5) is 21.0. The Morgan fingerprint density at radius 2 is 1.79 bits per heavy atom. The highest BCUT2D eigenvalue weighted by Gasteiger charge is 2.21. The lowest BCUT2D eigenvalue weighted by atomic mass is 10.1. The average Bonchev–Trinajstić information content (AvgIpc) is 2.31. The van der Waals surface area contributed by atoms with E-state index in [1.807, 2.05) is 0 Å². The van der Waals surface area contributed by atoms with E-state index in [1.165, 1.54) is 12.1 Å². The quantitative estimate of drug-likeness (QED) is 0.600. The summed E-state index contributed by atoms with van der Waals surface area (Å²) >= 11 is 0. The van der Waals surface area contributed by atoms with Crippen LogP contribution in [0.5, 0.6) is 11.5 Å². The SMILES string of the molecule is CCOc1cc(CC(=O)O)c([N+](=O)[O-])cc1OCC. The molecule has 0 aliphatic rings. The van der Waals surface area contributed by atoms with Crippen molar-refractivity contribution >= 4 is 11.7 Å². The van der Waals surface area contributed by atoms with Gasteiger partial charge in [0.1, 0.15) is 0 Å². The second kappa shape index (κ2) is 6.58. The Morgan fingerprint density at radius 1 is 1.26 bits per heavy atom. The third kappa shape index (κ3) is 3.84. The number of aliphatic carboxylic acids is 1. The molecule has 0 unspecified atom stereocenters. The van der Waals surface area contributed by atoms with Gasteiger partial charge in [0.05, 0.1) is 30.6 Å². The van der Waals surface area contributed by atoms with Crippen LogP contribution in [0.1, 0.15) is 19.4 Å². The highest BCUT2D eigenvalue weighted by Crippen LogP contribution is 2.35. The molecule has 104 valence electrons. The molecule has 0 atom stereocenters. The lowest BCUT2D eigenvalue weighted by Gasteiger charge is -2.12. The number of hydrogen-bond donors (Lipinski definition) is 1. The fraction of sp³-hybridized carbons (Fsp3) is 0.417. The molecule has 1 rings (SSSR count). The summed E-state index contributed by atoms with van der Waals surface area (Å²) in [7, 11) is 0. The van der Waals surface area contributed by atoms with Crippen LogP contribution in [0.2, 0.25) is 0 Å². The van der Waals surface area contributed by atoms with E-state index in [0.29, 0.717) is 19.0 Å². The van der Waals surface area contributed by atoms with Gasteiger partial charge in [0.15, 0.2) is 11.5 Å². The Bertz CT molecular complexity index is 485. The van der Waals surface area contributed by atoms with E-state index in [1.54, 1.807) is 13.8 Å². The molecule has 0 aliphatic heterocycles. The lowest BCUT2D eigenvalue weighted by Crippen LogP contribution is -2.06. The number of hydrogen-bond acceptors (Lipinski definition) is 5. The second-order valence-electron chi connectivity index (χ2n) is 3.62. The summed E-state index contributed by atoms with van der Waals surface area (Å²) in [6, 6.07) is 2.55. The molecule has 0 fully saturated rings. The molecule has 1 aromatic carbocycles. The van der Waals surface area contributed by atoms with Crippen molar-refractivity contribution in [1.82, 2.24) is 0 Å². The van der Waals surface area contributed by atoms with Crippen molar-refractivity contribution < 1.29 is 24.3 Å². The van der Waals surface area contributed by atoms with Gasteiger partial charge < -0.3 is 14.6 Å². The zero-order chi connectivity index (χ0) is 14.4. The van der Waals surface area contributed by atoms with E-state index in [0.717, 1.165) is 0 Å². The van der Waals surface area contributed by atoms with Crippen molar-refractivity contribution in [1.29, 1.82) is 0 Å². The monoisotopic (exact) mass is 269 g/mol. The van der Waals surface area contributed by atoms with Crippen LogP contribution >= 0.6 is 0 Å². The third-order valence-corrected chi connectivity index (χ3v) is 2.28. The molecular formula is C12H15NO6. The molecule has 0 saturated heterocycles. The van der Waals surface area contributed by atoms with Crippen LogP contribution < -0.4 is 9.47 Å². The highest BCUT2D eigenvalue weighted by atomic mass is 16.6. The van der Waals surface area contributed by atoms with Crippen LogP contribution in [-0.2, 0) is 11.2 Å². The lowest BCUT2D eigenvalue weighted by molar-refractivity contribution is -0.385. The van der Waals surface area contributed by atoms with Gasteiger partial charge in [-0.1, -0.05) is 0 Å². The summed E-state index contributed by atoms with van der Waals surface area (Å²) in [6.07, 6.45) is -0.442. The maximum atomic E-state index is 10.9. The fourth-order valence-corrected chi connectivity index (χ4v) is 1.60. The predicted octanol–water partition coefficient (Wildman–Crippen LogP) is 2.02. The van der Waals surface area contributed by atoms with Crippen molar-refractivity contribution in [3.8, 4) is 11.5 Å². The summed E-state index contributed by atoms with van der Waals surface area (Å²) in [6.45, 7) is 4.18. The number of nitro groups is 1. The van der Waals surface area contributed by atoms with Gasteiger partial charge in [0.25, 0.3) is 5.69 Å². The van der Waals surface area contributed by atoms with Gasteiger partial charge in [-0.3, -0.25) is 14.9 Å². The van der Waals surface area contributed by atoms with Gasteiger partial charge in [-0.05, 0) is 19.9 Å². The van der Waals surface area contributed by atoms with Gasteiger partial charge in [0.2, 0.25) is 0 Å². The van der Waals surface area contributed by atoms with Gasteiger partial charge in [-0.15, -0.1) is 0 Å². The smallest absolute Gasteiger partial charge is 0.308 e. The van der Waals surface area contributed by atoms with Crippen molar-refractivity contribution in [3.63, 3.8) is 0 Å². The number of nitrogens with zero attached hydrogens (tertiary/aromatic N) is 1. The first-order chi connectivity index (χ1) is 8.99. The van der Waals surface area contributed by atoms with E-state index in [2.05, 4.69) is 0 Å². The first-order valence-corrected chi connectivity index (χ1v) is 5.78. The molecule has 0 radical (unpaired) electrons. The zero-order valence-electron chi connectivity index (χ0n) is 10.7. The Labute approximate surface area is 109 Å². The van der Waals surface area contributed by atoms with Crippen LogP contribution in [0.25, 0.3) is 0 Å². The maximum absolute atomic E-state index is 10.9. The fourth-order valence-electron chi connectivity index (χ4n) is 1.60. The van der Waals surface area contributed by atoms with E-state index >= 15 is 0 Å². The standard InChI is InChI=1S/C12H15NO6/c1-3-18-10-5-8(6-12(14)15)9(13(16)17)7-11(10)19-4-2/h5,7H,3-4,6H2,1-2H3,(H,14,15). The molecule has 1 N–H and O–H groups in total. The van der Waals surface area contributed by atoms with Crippen LogP contribution in [0, 0.1) is 10.1 Å². The van der Waals surface area contributed by atoms with Crippen molar-refractivity contribution in [2.24, 2.45) is 0 Å². The van der Waals surface area contributed by atoms with Crippen molar-refractivity contribution in [3.05, 3.63) is 27.8 Å². The first kappa shape index (κ1) is 14.7. The summed E-state index contributed by atoms with van der Waals surface area (Å²) in [5.74, 6) is -0.592. The molecule has 7 nitrogen and oxygen atoms in total. The van der Waals surface area contributed by atoms with Gasteiger partial charge in [-0.2, -0.15) is 0 Å². The highest BCUT2D eigenvalue weighted by molar-refractivity contribution is 5.73. The predicted molar refractivity (Wildman–Crippen MR) is 66.8 cm³/mol. The molecule has 7 heteroatoms. The summed E-state index contributed by atoms with van der Waals surface area (Å²) in [5, 5.41) is 19.7. The van der Waals surface area contributed by atoms with Gasteiger partial charge in [-0.25, -0.2) is 0 Å². The molecule has 19 heavy (non-hydrogen) atoms. The molecule has 0 saturated carbocycles. The van der Waals surface area contributed by atoms with Crippen LogP contribution in [0.3, 0.4) is 0 Å². The minimum atomic E-state index is -1.14. The number of benzene rings is 1. The van der Waals surface area contributed by atoms with Gasteiger partial charge in [0, 0.05) is 5.56 Å². The topological polar surface area (TPSA) is 98.9 Å². The van der Waals surface area contributed by atoms with Gasteiger partial charge >= 0.3 is 5.97 Å². The molecule has 0 aromatic heterocycles. The van der Waals surface area contributed by atoms with Crippen molar-refractivity contribution in [2.45, 2.75) is 20.3 Å². The minimum absolute atomic E-state index is 0.0874. The maximum Gasteiger partial charge on any atom is 0.308 e. The largest absolute Gasteiger partial charge is 0.490 e. The number of carboxylic acid groups (broad SMARTS) is 1. The van der Waals surface area contributed by atoms with Crippen LogP contribution in [-0.4, -0.2) is 29.2 Å². The molecule has 0 aliphatic carbocycles. The first-order valence-electron chi connectivity index (χ1n) is 5.78. The van der Waals surface area contributed by atoms with Crippen LogP contribution in [0.15, 0.2) is 12.1 Å². The molecule has 0 heterocycles. The third-order valence-electron chi connectivity index (χ3n) is 2.28. The Kier molecular flexibility index (Phi) is 5.11. The van der Waals surface area contributed by atoms with E-state index in [4.69, 9.17) is 14.6 Å². The number of rotatable bonds is 7. The van der Waals surface area contributed by atoms with E-state index < -0.39 is 17.3 Å². The average molecular weight is 269 g/mol. The molecule has 0 bridgehead atoms. The number of carboxylic acids is 1. The Morgan fingerprint density at radius 3 is 2.21 bits per heavy atom. The van der Waals surface area contributed by atoms with E-state index in [-0.39, 0.29) is 17.0 Å². The number of nitro benzene ring substituents is 1. The van der Waals surface area contributed by atoms with Crippen molar-refractivity contribution in [2.75, 3.05) is 13.2 Å². The molecule has 0 spiro atoms. The zero-order valence-corrected chi connectivity index (χ0v) is 10.7. The summed E-state index contributed by atoms with van der Waals surface area (Å²) in [5.41, 5.74) is -0.196. The number of carbonyl (C=O) groups is 1. The summed E-state index contributed by atoms with van der Waals surface area (Å²) < 4.78 is 10.6. The molecule has 1 aromatic rings. The Hall–Kier alpha value is -2.31. The van der Waals surface area contributed by atoms with E-state index in [9.17, 15) is 14.9 Å². The minimum Gasteiger partial charge on any atom is -0.490 e. The number of ether oxygens (including phenoxy) is 2. The Balaban J connectivity index is 3.31. The second-order valence-corrected chi connectivity index (χ2v) is 3.62. The van der Waals surface area contributed by atoms with Crippen LogP contribution in [0.4, 0.5) is 5.69 Å². The molecular weight excluding hydrogens is 254 g/mol.